The molecule has 0 unspecified atom stereocenters. The van der Waals surface area contributed by atoms with Gasteiger partial charge in [0.1, 0.15) is 30.5 Å². The SMILES string of the molecule is N#CCNc1cc(C#N)ncn1. The quantitative estimate of drug-likeness (QED) is 0.626. The summed E-state index contributed by atoms with van der Waals surface area (Å²) in [6.07, 6.45) is 1.28. The molecule has 1 aromatic heterocycles. The summed E-state index contributed by atoms with van der Waals surface area (Å²) < 4.78 is 0. The van der Waals surface area contributed by atoms with Crippen LogP contribution in [0, 0.1) is 22.7 Å². The lowest BCUT2D eigenvalue weighted by Gasteiger charge is -1.97. The second kappa shape index (κ2) is 3.89. The van der Waals surface area contributed by atoms with Gasteiger partial charge in [-0.1, -0.05) is 0 Å². The lowest BCUT2D eigenvalue weighted by Crippen LogP contribution is -2.01. The van der Waals surface area contributed by atoms with Gasteiger partial charge in [0.05, 0.1) is 6.07 Å². The van der Waals surface area contributed by atoms with E-state index in [1.54, 1.807) is 0 Å². The fourth-order valence-corrected chi connectivity index (χ4v) is 0.645. The van der Waals surface area contributed by atoms with Crippen molar-refractivity contribution in [2.24, 2.45) is 0 Å². The van der Waals surface area contributed by atoms with E-state index in [0.717, 1.165) is 0 Å². The van der Waals surface area contributed by atoms with Crippen LogP contribution in [0.25, 0.3) is 0 Å². The number of anilines is 1. The zero-order valence-corrected chi connectivity index (χ0v) is 6.15. The highest BCUT2D eigenvalue weighted by molar-refractivity contribution is 5.39. The van der Waals surface area contributed by atoms with E-state index in [9.17, 15) is 0 Å². The molecule has 1 heterocycles. The van der Waals surface area contributed by atoms with Gasteiger partial charge in [-0.05, 0) is 0 Å². The maximum atomic E-state index is 8.45. The normalized spacial score (nSPS) is 8.17. The molecule has 0 aromatic carbocycles. The van der Waals surface area contributed by atoms with Gasteiger partial charge in [-0.2, -0.15) is 10.5 Å². The first-order valence-electron chi connectivity index (χ1n) is 3.20. The van der Waals surface area contributed by atoms with E-state index < -0.39 is 0 Å². The van der Waals surface area contributed by atoms with Crippen LogP contribution < -0.4 is 5.32 Å². The number of hydrogen-bond donors (Lipinski definition) is 1. The van der Waals surface area contributed by atoms with Crippen LogP contribution >= 0.6 is 0 Å². The van der Waals surface area contributed by atoms with Crippen LogP contribution in [0.1, 0.15) is 5.69 Å². The molecule has 0 aliphatic carbocycles. The van der Waals surface area contributed by atoms with Crippen molar-refractivity contribution in [3.8, 4) is 12.1 Å². The highest BCUT2D eigenvalue weighted by Crippen LogP contribution is 2.01. The van der Waals surface area contributed by atoms with Crippen molar-refractivity contribution in [2.75, 3.05) is 11.9 Å². The average Bonchev–Trinajstić information content (AvgIpc) is 2.15. The molecule has 0 amide bonds. The van der Waals surface area contributed by atoms with Crippen molar-refractivity contribution < 1.29 is 0 Å². The zero-order valence-electron chi connectivity index (χ0n) is 6.15. The van der Waals surface area contributed by atoms with E-state index in [2.05, 4.69) is 15.3 Å². The Labute approximate surface area is 69.3 Å². The summed E-state index contributed by atoms with van der Waals surface area (Å²) in [6.45, 7) is 0.169. The van der Waals surface area contributed by atoms with Crippen molar-refractivity contribution in [3.05, 3.63) is 18.1 Å². The Kier molecular flexibility index (Phi) is 2.58. The van der Waals surface area contributed by atoms with Gasteiger partial charge in [0.2, 0.25) is 0 Å². The van der Waals surface area contributed by atoms with E-state index in [-0.39, 0.29) is 12.2 Å². The third-order valence-electron chi connectivity index (χ3n) is 1.13. The Morgan fingerprint density at radius 3 is 2.92 bits per heavy atom. The molecule has 0 saturated carbocycles. The van der Waals surface area contributed by atoms with Crippen LogP contribution in [0.4, 0.5) is 5.82 Å². The first-order valence-corrected chi connectivity index (χ1v) is 3.20. The van der Waals surface area contributed by atoms with E-state index in [1.807, 2.05) is 12.1 Å². The van der Waals surface area contributed by atoms with Crippen LogP contribution in [0.3, 0.4) is 0 Å². The van der Waals surface area contributed by atoms with Gasteiger partial charge in [0.15, 0.2) is 0 Å². The van der Waals surface area contributed by atoms with Gasteiger partial charge in [0.25, 0.3) is 0 Å². The molecule has 5 heteroatoms. The molecule has 1 N–H and O–H groups in total. The molecule has 0 saturated heterocycles. The number of nitrogens with zero attached hydrogens (tertiary/aromatic N) is 4. The molecule has 12 heavy (non-hydrogen) atoms. The average molecular weight is 159 g/mol. The molecule has 1 aromatic rings. The third-order valence-corrected chi connectivity index (χ3v) is 1.13. The Morgan fingerprint density at radius 2 is 2.25 bits per heavy atom. The molecule has 0 fully saturated rings. The van der Waals surface area contributed by atoms with Gasteiger partial charge in [-0.25, -0.2) is 9.97 Å². The van der Waals surface area contributed by atoms with Crippen molar-refractivity contribution in [1.29, 1.82) is 10.5 Å². The molecule has 58 valence electrons. The van der Waals surface area contributed by atoms with Gasteiger partial charge in [-0.3, -0.25) is 0 Å². The van der Waals surface area contributed by atoms with Crippen molar-refractivity contribution in [1.82, 2.24) is 9.97 Å². The van der Waals surface area contributed by atoms with Crippen LogP contribution in [-0.4, -0.2) is 16.5 Å². The van der Waals surface area contributed by atoms with E-state index in [1.165, 1.54) is 12.4 Å². The number of nitrogens with one attached hydrogen (secondary N) is 1. The molecule has 0 atom stereocenters. The minimum absolute atomic E-state index is 0.169. The summed E-state index contributed by atoms with van der Waals surface area (Å²) in [4.78, 5) is 7.47. The molecule has 0 aliphatic heterocycles. The number of nitriles is 2. The predicted octanol–water partition coefficient (Wildman–Crippen LogP) is 0.284. The van der Waals surface area contributed by atoms with Gasteiger partial charge in [-0.15, -0.1) is 0 Å². The molecule has 5 nitrogen and oxygen atoms in total. The standard InChI is InChI=1S/C7H5N5/c8-1-2-10-7-3-6(4-9)11-5-12-7/h3,5H,2H2,(H,10,11,12). The lowest BCUT2D eigenvalue weighted by molar-refractivity contribution is 1.12. The molecule has 0 bridgehead atoms. The Bertz CT molecular complexity index is 346. The maximum absolute atomic E-state index is 8.45. The van der Waals surface area contributed by atoms with E-state index in [0.29, 0.717) is 5.82 Å². The van der Waals surface area contributed by atoms with Crippen LogP contribution in [0.5, 0.6) is 0 Å². The largest absolute Gasteiger partial charge is 0.357 e. The van der Waals surface area contributed by atoms with Crippen LogP contribution in [-0.2, 0) is 0 Å². The second-order valence-corrected chi connectivity index (χ2v) is 1.91. The number of rotatable bonds is 2. The minimum atomic E-state index is 0.169. The molecule has 0 aliphatic rings. The van der Waals surface area contributed by atoms with Crippen LogP contribution in [0.15, 0.2) is 12.4 Å². The van der Waals surface area contributed by atoms with Crippen molar-refractivity contribution in [2.45, 2.75) is 0 Å². The maximum Gasteiger partial charge on any atom is 0.145 e. The Hall–Kier alpha value is -2.14. The van der Waals surface area contributed by atoms with Crippen molar-refractivity contribution in [3.63, 3.8) is 0 Å². The molecule has 0 radical (unpaired) electrons. The molecule has 1 rings (SSSR count). The fourth-order valence-electron chi connectivity index (χ4n) is 0.645. The summed E-state index contributed by atoms with van der Waals surface area (Å²) in [7, 11) is 0. The first-order chi connectivity index (χ1) is 5.86. The second-order valence-electron chi connectivity index (χ2n) is 1.91. The highest BCUT2D eigenvalue weighted by atomic mass is 15.0. The number of hydrogen-bond acceptors (Lipinski definition) is 5. The monoisotopic (exact) mass is 159 g/mol. The van der Waals surface area contributed by atoms with E-state index >= 15 is 0 Å². The first kappa shape index (κ1) is 7.96. The minimum Gasteiger partial charge on any atom is -0.357 e. The predicted molar refractivity (Wildman–Crippen MR) is 40.8 cm³/mol. The summed E-state index contributed by atoms with van der Waals surface area (Å²) in [5, 5.41) is 19.4. The smallest absolute Gasteiger partial charge is 0.145 e. The van der Waals surface area contributed by atoms with Crippen molar-refractivity contribution >= 4 is 5.82 Å². The fraction of sp³-hybridized carbons (Fsp3) is 0.143. The van der Waals surface area contributed by atoms with E-state index in [4.69, 9.17) is 10.5 Å². The van der Waals surface area contributed by atoms with Crippen LogP contribution in [0.2, 0.25) is 0 Å². The Morgan fingerprint density at radius 1 is 1.42 bits per heavy atom. The highest BCUT2D eigenvalue weighted by Gasteiger charge is 1.94. The molecular weight excluding hydrogens is 154 g/mol. The summed E-state index contributed by atoms with van der Waals surface area (Å²) >= 11 is 0. The van der Waals surface area contributed by atoms with Gasteiger partial charge < -0.3 is 5.32 Å². The molecule has 0 spiro atoms. The third kappa shape index (κ3) is 1.93. The summed E-state index contributed by atoms with van der Waals surface area (Å²) in [5.74, 6) is 0.489. The number of aromatic nitrogens is 2. The topological polar surface area (TPSA) is 85.4 Å². The Balaban J connectivity index is 2.76. The molecular formula is C7H5N5. The lowest BCUT2D eigenvalue weighted by atomic mass is 10.4. The van der Waals surface area contributed by atoms with Gasteiger partial charge in [0, 0.05) is 6.07 Å². The summed E-state index contributed by atoms with van der Waals surface area (Å²) in [5.41, 5.74) is 0.283. The van der Waals surface area contributed by atoms with Gasteiger partial charge >= 0.3 is 0 Å². The summed E-state index contributed by atoms with van der Waals surface area (Å²) in [6, 6.07) is 5.25. The zero-order chi connectivity index (χ0) is 8.81.